The van der Waals surface area contributed by atoms with E-state index in [2.05, 4.69) is 10.7 Å². The van der Waals surface area contributed by atoms with E-state index >= 15 is 0 Å². The number of carbonyl (C=O) groups excluding carboxylic acids is 1. The number of rotatable bonds is 3. The van der Waals surface area contributed by atoms with Gasteiger partial charge in [0.2, 0.25) is 0 Å². The molecule has 1 aliphatic carbocycles. The van der Waals surface area contributed by atoms with E-state index < -0.39 is 0 Å². The van der Waals surface area contributed by atoms with Crippen molar-refractivity contribution >= 4 is 11.6 Å². The number of nitrogen functional groups attached to an aromatic ring is 1. The number of carbonyl (C=O) groups is 1. The van der Waals surface area contributed by atoms with Crippen LogP contribution in [0.15, 0.2) is 24.3 Å². The second kappa shape index (κ2) is 6.40. The first-order valence-corrected chi connectivity index (χ1v) is 6.67. The molecule has 4 N–H and O–H groups in total. The van der Waals surface area contributed by atoms with Crippen LogP contribution in [0.25, 0.3) is 0 Å². The van der Waals surface area contributed by atoms with Gasteiger partial charge in [-0.3, -0.25) is 10.6 Å². The van der Waals surface area contributed by atoms with Crippen LogP contribution in [0.4, 0.5) is 5.69 Å². The van der Waals surface area contributed by atoms with Gasteiger partial charge in [-0.25, -0.2) is 0 Å². The fourth-order valence-electron chi connectivity index (χ4n) is 2.41. The summed E-state index contributed by atoms with van der Waals surface area (Å²) < 4.78 is 0. The number of hydrogen-bond donors (Lipinski definition) is 3. The monoisotopic (exact) mass is 247 g/mol. The van der Waals surface area contributed by atoms with Crippen LogP contribution in [0.1, 0.15) is 48.9 Å². The molecular weight excluding hydrogens is 226 g/mol. The molecule has 1 aromatic carbocycles. The van der Waals surface area contributed by atoms with E-state index in [0.29, 0.717) is 11.6 Å². The van der Waals surface area contributed by atoms with Gasteiger partial charge in [-0.05, 0) is 37.1 Å². The fraction of sp³-hybridized carbons (Fsp3) is 0.500. The minimum absolute atomic E-state index is 0.0190. The van der Waals surface area contributed by atoms with Crippen molar-refractivity contribution in [3.8, 4) is 0 Å². The Bertz CT molecular complexity index is 381. The van der Waals surface area contributed by atoms with Crippen LogP contribution in [-0.2, 0) is 0 Å². The molecule has 1 aromatic rings. The van der Waals surface area contributed by atoms with E-state index in [-0.39, 0.29) is 5.91 Å². The summed E-state index contributed by atoms with van der Waals surface area (Å²) in [5.74, 6) is 5.31. The Kier molecular flexibility index (Phi) is 4.59. The Morgan fingerprint density at radius 1 is 1.06 bits per heavy atom. The number of nitrogens with one attached hydrogen (secondary N) is 2. The van der Waals surface area contributed by atoms with Crippen LogP contribution in [0.5, 0.6) is 0 Å². The minimum Gasteiger partial charge on any atom is -0.349 e. The fourth-order valence-corrected chi connectivity index (χ4v) is 2.41. The van der Waals surface area contributed by atoms with Crippen molar-refractivity contribution < 1.29 is 4.79 Å². The van der Waals surface area contributed by atoms with Crippen LogP contribution in [0, 0.1) is 0 Å². The Balaban J connectivity index is 1.93. The van der Waals surface area contributed by atoms with Gasteiger partial charge in [0.1, 0.15) is 0 Å². The summed E-state index contributed by atoms with van der Waals surface area (Å²) >= 11 is 0. The largest absolute Gasteiger partial charge is 0.349 e. The lowest BCUT2D eigenvalue weighted by molar-refractivity contribution is 0.0933. The molecule has 4 heteroatoms. The smallest absolute Gasteiger partial charge is 0.251 e. The number of benzene rings is 1. The van der Waals surface area contributed by atoms with Crippen molar-refractivity contribution in [3.63, 3.8) is 0 Å². The molecule has 0 atom stereocenters. The lowest BCUT2D eigenvalue weighted by Gasteiger charge is -2.16. The molecule has 0 aromatic heterocycles. The lowest BCUT2D eigenvalue weighted by atomic mass is 10.1. The predicted octanol–water partition coefficient (Wildman–Crippen LogP) is 2.42. The third kappa shape index (κ3) is 3.47. The number of anilines is 1. The quantitative estimate of drug-likeness (QED) is 0.436. The minimum atomic E-state index is 0.0190. The van der Waals surface area contributed by atoms with Gasteiger partial charge in [0.15, 0.2) is 0 Å². The molecule has 18 heavy (non-hydrogen) atoms. The van der Waals surface area contributed by atoms with Gasteiger partial charge in [-0.2, -0.15) is 0 Å². The molecule has 0 radical (unpaired) electrons. The van der Waals surface area contributed by atoms with Gasteiger partial charge in [-0.1, -0.05) is 25.7 Å². The lowest BCUT2D eigenvalue weighted by Crippen LogP contribution is -2.34. The maximum Gasteiger partial charge on any atom is 0.251 e. The standard InChI is InChI=1S/C14H21N3O/c15-17-13-9-7-11(8-10-13)14(18)16-12-5-3-1-2-4-6-12/h7-10,12,17H,1-6,15H2,(H,16,18). The van der Waals surface area contributed by atoms with Crippen LogP contribution in [0.2, 0.25) is 0 Å². The van der Waals surface area contributed by atoms with E-state index in [1.54, 1.807) is 12.1 Å². The number of hydrogen-bond acceptors (Lipinski definition) is 3. The molecule has 1 amide bonds. The van der Waals surface area contributed by atoms with Gasteiger partial charge in [-0.15, -0.1) is 0 Å². The van der Waals surface area contributed by atoms with Crippen molar-refractivity contribution in [2.45, 2.75) is 44.6 Å². The summed E-state index contributed by atoms with van der Waals surface area (Å²) in [4.78, 5) is 12.1. The Hall–Kier alpha value is -1.55. The predicted molar refractivity (Wildman–Crippen MR) is 73.2 cm³/mol. The zero-order valence-corrected chi connectivity index (χ0v) is 10.6. The maximum absolute atomic E-state index is 12.1. The first-order valence-electron chi connectivity index (χ1n) is 6.67. The van der Waals surface area contributed by atoms with Crippen LogP contribution in [-0.4, -0.2) is 11.9 Å². The summed E-state index contributed by atoms with van der Waals surface area (Å²) in [5, 5.41) is 3.12. The first-order chi connectivity index (χ1) is 8.79. The first kappa shape index (κ1) is 12.9. The van der Waals surface area contributed by atoms with E-state index in [4.69, 9.17) is 5.84 Å². The van der Waals surface area contributed by atoms with Gasteiger partial charge in [0, 0.05) is 17.3 Å². The van der Waals surface area contributed by atoms with Crippen molar-refractivity contribution in [1.29, 1.82) is 0 Å². The average molecular weight is 247 g/mol. The van der Waals surface area contributed by atoms with E-state index in [0.717, 1.165) is 18.5 Å². The molecule has 0 bridgehead atoms. The summed E-state index contributed by atoms with van der Waals surface area (Å²) in [6, 6.07) is 7.54. The van der Waals surface area contributed by atoms with Crippen molar-refractivity contribution in [2.24, 2.45) is 5.84 Å². The highest BCUT2D eigenvalue weighted by molar-refractivity contribution is 5.94. The Morgan fingerprint density at radius 2 is 1.67 bits per heavy atom. The van der Waals surface area contributed by atoms with Crippen molar-refractivity contribution in [1.82, 2.24) is 5.32 Å². The van der Waals surface area contributed by atoms with Gasteiger partial charge >= 0.3 is 0 Å². The second-order valence-corrected chi connectivity index (χ2v) is 4.88. The van der Waals surface area contributed by atoms with Gasteiger partial charge < -0.3 is 10.7 Å². The molecule has 0 unspecified atom stereocenters. The highest BCUT2D eigenvalue weighted by Gasteiger charge is 2.15. The summed E-state index contributed by atoms with van der Waals surface area (Å²) in [5.41, 5.74) is 4.05. The summed E-state index contributed by atoms with van der Waals surface area (Å²) in [7, 11) is 0. The summed E-state index contributed by atoms with van der Waals surface area (Å²) in [6.07, 6.45) is 7.25. The second-order valence-electron chi connectivity index (χ2n) is 4.88. The molecule has 0 spiro atoms. The summed E-state index contributed by atoms with van der Waals surface area (Å²) in [6.45, 7) is 0. The third-order valence-electron chi connectivity index (χ3n) is 3.50. The van der Waals surface area contributed by atoms with Crippen molar-refractivity contribution in [2.75, 3.05) is 5.43 Å². The van der Waals surface area contributed by atoms with E-state index in [1.165, 1.54) is 25.7 Å². The zero-order valence-electron chi connectivity index (χ0n) is 10.6. The van der Waals surface area contributed by atoms with E-state index in [9.17, 15) is 4.79 Å². The third-order valence-corrected chi connectivity index (χ3v) is 3.50. The van der Waals surface area contributed by atoms with Gasteiger partial charge in [0.05, 0.1) is 0 Å². The highest BCUT2D eigenvalue weighted by Crippen LogP contribution is 2.18. The van der Waals surface area contributed by atoms with Gasteiger partial charge in [0.25, 0.3) is 5.91 Å². The molecule has 0 aliphatic heterocycles. The molecule has 1 saturated carbocycles. The Labute approximate surface area is 108 Å². The number of amides is 1. The molecule has 1 aliphatic rings. The maximum atomic E-state index is 12.1. The average Bonchev–Trinajstić information content (AvgIpc) is 2.67. The zero-order chi connectivity index (χ0) is 12.8. The van der Waals surface area contributed by atoms with Crippen LogP contribution in [0.3, 0.4) is 0 Å². The normalized spacial score (nSPS) is 16.9. The molecule has 0 heterocycles. The van der Waals surface area contributed by atoms with E-state index in [1.807, 2.05) is 12.1 Å². The number of hydrazine groups is 1. The molecule has 1 fully saturated rings. The number of nitrogens with two attached hydrogens (primary N) is 1. The Morgan fingerprint density at radius 3 is 2.22 bits per heavy atom. The van der Waals surface area contributed by atoms with Crippen LogP contribution < -0.4 is 16.6 Å². The van der Waals surface area contributed by atoms with Crippen LogP contribution >= 0.6 is 0 Å². The topological polar surface area (TPSA) is 67.1 Å². The molecule has 98 valence electrons. The SMILES string of the molecule is NNc1ccc(C(=O)NC2CCCCCC2)cc1. The van der Waals surface area contributed by atoms with Crippen molar-refractivity contribution in [3.05, 3.63) is 29.8 Å². The molecule has 0 saturated heterocycles. The molecule has 4 nitrogen and oxygen atoms in total. The highest BCUT2D eigenvalue weighted by atomic mass is 16.1. The molecule has 2 rings (SSSR count). The molecular formula is C14H21N3O.